The number of amides is 2. The maximum Gasteiger partial charge on any atom is 0.322 e. The van der Waals surface area contributed by atoms with E-state index >= 15 is 0 Å². The predicted molar refractivity (Wildman–Crippen MR) is 124 cm³/mol. The molecule has 0 spiro atoms. The van der Waals surface area contributed by atoms with Crippen LogP contribution in [0.1, 0.15) is 37.8 Å². The quantitative estimate of drug-likeness (QED) is 0.461. The van der Waals surface area contributed by atoms with Crippen molar-refractivity contribution in [3.63, 3.8) is 0 Å². The lowest BCUT2D eigenvalue weighted by atomic mass is 9.94. The molecule has 1 unspecified atom stereocenters. The molecule has 0 fully saturated rings. The summed E-state index contributed by atoms with van der Waals surface area (Å²) in [4.78, 5) is 20.4. The van der Waals surface area contributed by atoms with Gasteiger partial charge in [0.25, 0.3) is 5.89 Å². The van der Waals surface area contributed by atoms with Crippen LogP contribution in [0.2, 0.25) is 5.02 Å². The highest BCUT2D eigenvalue weighted by Crippen LogP contribution is 2.37. The zero-order chi connectivity index (χ0) is 22.0. The van der Waals surface area contributed by atoms with Crippen LogP contribution >= 0.6 is 23.4 Å². The minimum atomic E-state index is -0.412. The molecule has 2 amide bonds. The van der Waals surface area contributed by atoms with Gasteiger partial charge in [0.2, 0.25) is 5.82 Å². The molecule has 3 aromatic rings. The predicted octanol–water partition coefficient (Wildman–Crippen LogP) is 6.02. The number of urea groups is 1. The first-order chi connectivity index (χ1) is 15.0. The Morgan fingerprint density at radius 3 is 2.52 bits per heavy atom. The van der Waals surface area contributed by atoms with Crippen molar-refractivity contribution in [1.82, 2.24) is 20.4 Å². The number of thioether (sulfide) groups is 1. The number of carbonyl (C=O) groups excluding carboxylic acids is 1. The van der Waals surface area contributed by atoms with Crippen LogP contribution in [0.15, 0.2) is 63.6 Å². The first-order valence-corrected chi connectivity index (χ1v) is 11.6. The summed E-state index contributed by atoms with van der Waals surface area (Å²) in [5.74, 6) is 0.902. The first-order valence-electron chi connectivity index (χ1n) is 10.0. The molecule has 160 valence electrons. The largest absolute Gasteiger partial charge is 0.334 e. The number of benzene rings is 2. The third kappa shape index (κ3) is 4.34. The fourth-order valence-corrected chi connectivity index (χ4v) is 4.18. The van der Waals surface area contributed by atoms with Crippen molar-refractivity contribution in [2.75, 3.05) is 12.8 Å². The highest BCUT2D eigenvalue weighted by Gasteiger charge is 2.35. The molecule has 0 radical (unpaired) electrons. The van der Waals surface area contributed by atoms with Crippen molar-refractivity contribution >= 4 is 35.0 Å². The highest BCUT2D eigenvalue weighted by atomic mass is 35.5. The lowest BCUT2D eigenvalue weighted by Gasteiger charge is -2.35. The summed E-state index contributed by atoms with van der Waals surface area (Å²) in [6.45, 7) is 4.56. The van der Waals surface area contributed by atoms with Crippen LogP contribution in [0.25, 0.3) is 17.0 Å². The third-order valence-corrected chi connectivity index (χ3v) is 6.25. The number of halogens is 1. The van der Waals surface area contributed by atoms with Gasteiger partial charge in [-0.3, -0.25) is 4.90 Å². The van der Waals surface area contributed by atoms with Gasteiger partial charge in [0.15, 0.2) is 0 Å². The summed E-state index contributed by atoms with van der Waals surface area (Å²) in [5.41, 5.74) is 3.36. The van der Waals surface area contributed by atoms with E-state index in [2.05, 4.69) is 15.5 Å². The Morgan fingerprint density at radius 2 is 1.87 bits per heavy atom. The van der Waals surface area contributed by atoms with Gasteiger partial charge in [-0.25, -0.2) is 4.79 Å². The minimum absolute atomic E-state index is 0.143. The third-order valence-electron chi connectivity index (χ3n) is 5.25. The Labute approximate surface area is 190 Å². The monoisotopic (exact) mass is 454 g/mol. The Morgan fingerprint density at radius 1 is 1.16 bits per heavy atom. The number of aromatic nitrogens is 2. The second-order valence-corrected chi connectivity index (χ2v) is 8.55. The molecule has 2 heterocycles. The van der Waals surface area contributed by atoms with Gasteiger partial charge in [0, 0.05) is 27.7 Å². The molecule has 6 nitrogen and oxygen atoms in total. The van der Waals surface area contributed by atoms with E-state index in [-0.39, 0.29) is 6.03 Å². The van der Waals surface area contributed by atoms with Crippen LogP contribution in [0.3, 0.4) is 0 Å². The van der Waals surface area contributed by atoms with Crippen molar-refractivity contribution < 1.29 is 9.32 Å². The van der Waals surface area contributed by atoms with Crippen molar-refractivity contribution in [2.45, 2.75) is 31.2 Å². The van der Waals surface area contributed by atoms with E-state index in [0.717, 1.165) is 28.8 Å². The van der Waals surface area contributed by atoms with Gasteiger partial charge >= 0.3 is 6.03 Å². The highest BCUT2D eigenvalue weighted by molar-refractivity contribution is 7.98. The van der Waals surface area contributed by atoms with Crippen LogP contribution in [-0.2, 0) is 0 Å². The van der Waals surface area contributed by atoms with Gasteiger partial charge in [-0.15, -0.1) is 11.8 Å². The molecule has 1 aliphatic heterocycles. The van der Waals surface area contributed by atoms with E-state index in [9.17, 15) is 4.79 Å². The molecule has 2 aromatic carbocycles. The Bertz CT molecular complexity index is 1110. The van der Waals surface area contributed by atoms with E-state index in [1.807, 2.05) is 56.5 Å². The lowest BCUT2D eigenvalue weighted by molar-refractivity contribution is 0.205. The number of carbonyl (C=O) groups is 1. The van der Waals surface area contributed by atoms with Crippen LogP contribution in [0.5, 0.6) is 0 Å². The lowest BCUT2D eigenvalue weighted by Crippen LogP contribution is -2.46. The van der Waals surface area contributed by atoms with E-state index in [1.165, 1.54) is 4.90 Å². The van der Waals surface area contributed by atoms with Crippen molar-refractivity contribution in [3.05, 3.63) is 70.7 Å². The minimum Gasteiger partial charge on any atom is -0.334 e. The Balaban J connectivity index is 1.78. The summed E-state index contributed by atoms with van der Waals surface area (Å²) >= 11 is 7.75. The molecule has 8 heteroatoms. The molecule has 1 aliphatic rings. The Kier molecular flexibility index (Phi) is 6.34. The number of nitrogens with zero attached hydrogens (tertiary/aromatic N) is 3. The van der Waals surface area contributed by atoms with Gasteiger partial charge in [-0.1, -0.05) is 35.8 Å². The molecule has 0 saturated carbocycles. The summed E-state index contributed by atoms with van der Waals surface area (Å²) in [7, 11) is 0. The van der Waals surface area contributed by atoms with E-state index < -0.39 is 6.04 Å². The first kappa shape index (κ1) is 21.5. The van der Waals surface area contributed by atoms with E-state index in [4.69, 9.17) is 16.1 Å². The van der Waals surface area contributed by atoms with Gasteiger partial charge < -0.3 is 9.84 Å². The number of rotatable bonds is 6. The second-order valence-electron chi connectivity index (χ2n) is 7.24. The Hall–Kier alpha value is -2.77. The fourth-order valence-electron chi connectivity index (χ4n) is 3.65. The zero-order valence-electron chi connectivity index (χ0n) is 17.6. The molecule has 1 atom stereocenters. The molecule has 0 aliphatic carbocycles. The number of hydrogen-bond acceptors (Lipinski definition) is 5. The normalized spacial score (nSPS) is 16.6. The summed E-state index contributed by atoms with van der Waals surface area (Å²) in [6.07, 6.45) is 2.87. The topological polar surface area (TPSA) is 71.3 Å². The summed E-state index contributed by atoms with van der Waals surface area (Å²) < 4.78 is 5.69. The van der Waals surface area contributed by atoms with Crippen LogP contribution in [0, 0.1) is 0 Å². The van der Waals surface area contributed by atoms with Crippen molar-refractivity contribution in [3.8, 4) is 11.4 Å². The van der Waals surface area contributed by atoms with E-state index in [1.54, 1.807) is 28.8 Å². The average molecular weight is 455 g/mol. The SMILES string of the molecule is CCCN1C(=O)NC(c2ccc(Cl)cc2)C(c2nc(-c3ccc(SC)cc3)no2)=C1C. The molecular formula is C23H23ClN4O2S. The summed E-state index contributed by atoms with van der Waals surface area (Å²) in [6, 6.07) is 14.9. The number of hydrogen-bond donors (Lipinski definition) is 1. The van der Waals surface area contributed by atoms with Gasteiger partial charge in [-0.05, 0) is 61.6 Å². The van der Waals surface area contributed by atoms with Crippen LogP contribution in [-0.4, -0.2) is 33.9 Å². The van der Waals surface area contributed by atoms with Crippen molar-refractivity contribution in [1.29, 1.82) is 0 Å². The van der Waals surface area contributed by atoms with Gasteiger partial charge in [-0.2, -0.15) is 4.98 Å². The van der Waals surface area contributed by atoms with Crippen molar-refractivity contribution in [2.24, 2.45) is 0 Å². The molecule has 0 bridgehead atoms. The van der Waals surface area contributed by atoms with Crippen LogP contribution < -0.4 is 5.32 Å². The molecule has 0 saturated heterocycles. The van der Waals surface area contributed by atoms with Gasteiger partial charge in [0.1, 0.15) is 0 Å². The average Bonchev–Trinajstić information content (AvgIpc) is 3.26. The zero-order valence-corrected chi connectivity index (χ0v) is 19.1. The molecule has 4 rings (SSSR count). The maximum absolute atomic E-state index is 12.8. The number of nitrogens with one attached hydrogen (secondary N) is 1. The maximum atomic E-state index is 12.8. The molecule has 1 N–H and O–H groups in total. The molecular weight excluding hydrogens is 432 g/mol. The molecule has 31 heavy (non-hydrogen) atoms. The van der Waals surface area contributed by atoms with Crippen LogP contribution in [0.4, 0.5) is 4.79 Å². The molecule has 1 aromatic heterocycles. The summed E-state index contributed by atoms with van der Waals surface area (Å²) in [5, 5.41) is 7.92. The van der Waals surface area contributed by atoms with E-state index in [0.29, 0.717) is 23.3 Å². The fraction of sp³-hybridized carbons (Fsp3) is 0.261. The smallest absolute Gasteiger partial charge is 0.322 e. The standard InChI is InChI=1S/C23H23ClN4O2S/c1-4-13-28-14(2)19(20(25-23(28)29)15-5-9-17(24)10-6-15)22-26-21(27-30-22)16-7-11-18(31-3)12-8-16/h5-12,20H,4,13H2,1-3H3,(H,25,29). The number of allylic oxidation sites excluding steroid dienone is 1. The second kappa shape index (κ2) is 9.16. The van der Waals surface area contributed by atoms with Gasteiger partial charge in [0.05, 0.1) is 11.6 Å².